The van der Waals surface area contributed by atoms with Gasteiger partial charge in [0, 0.05) is 43.4 Å². The molecule has 4 rings (SSSR count). The number of carbonyl (C=O) groups excluding carboxylic acids is 1. The molecule has 2 saturated heterocycles. The molecule has 172 valence electrons. The molecule has 0 spiro atoms. The van der Waals surface area contributed by atoms with E-state index in [4.69, 9.17) is 16.3 Å². The smallest absolute Gasteiger partial charge is 0.379 e. The number of amides is 2. The number of morpholine rings is 1. The van der Waals surface area contributed by atoms with Gasteiger partial charge in [-0.15, -0.1) is 0 Å². The van der Waals surface area contributed by atoms with Gasteiger partial charge in [0.1, 0.15) is 0 Å². The van der Waals surface area contributed by atoms with Gasteiger partial charge in [0.05, 0.1) is 24.8 Å². The quantitative estimate of drug-likeness (QED) is 0.595. The third kappa shape index (κ3) is 5.19. The summed E-state index contributed by atoms with van der Waals surface area (Å²) in [4.78, 5) is 18.9. The highest BCUT2D eigenvalue weighted by molar-refractivity contribution is 6.30. The largest absolute Gasteiger partial charge is 0.416 e. The maximum absolute atomic E-state index is 13.3. The van der Waals surface area contributed by atoms with Crippen molar-refractivity contribution in [3.63, 3.8) is 0 Å². The van der Waals surface area contributed by atoms with E-state index in [0.717, 1.165) is 38.2 Å². The van der Waals surface area contributed by atoms with Crippen LogP contribution < -0.4 is 4.90 Å². The molecular formula is C23H25ClF3N3O2. The van der Waals surface area contributed by atoms with Crippen molar-refractivity contribution in [2.24, 2.45) is 0 Å². The fourth-order valence-electron chi connectivity index (χ4n) is 4.22. The van der Waals surface area contributed by atoms with Gasteiger partial charge in [-0.05, 0) is 48.4 Å². The summed E-state index contributed by atoms with van der Waals surface area (Å²) in [6.45, 7) is 4.88. The average molecular weight is 468 g/mol. The molecule has 2 aromatic rings. The summed E-state index contributed by atoms with van der Waals surface area (Å²) in [5.41, 5.74) is 0.348. The zero-order valence-corrected chi connectivity index (χ0v) is 18.3. The summed E-state index contributed by atoms with van der Waals surface area (Å²) in [5.74, 6) is 0. The molecular weight excluding hydrogens is 443 g/mol. The Morgan fingerprint density at radius 3 is 2.44 bits per heavy atom. The minimum atomic E-state index is -4.44. The molecule has 0 aliphatic carbocycles. The number of hydrogen-bond acceptors (Lipinski definition) is 3. The third-order valence-corrected chi connectivity index (χ3v) is 6.14. The Morgan fingerprint density at radius 1 is 1.03 bits per heavy atom. The summed E-state index contributed by atoms with van der Waals surface area (Å²) < 4.78 is 45.3. The lowest BCUT2D eigenvalue weighted by Crippen LogP contribution is -2.39. The summed E-state index contributed by atoms with van der Waals surface area (Å²) in [5, 5.41) is 0.526. The van der Waals surface area contributed by atoms with E-state index in [-0.39, 0.29) is 6.03 Å². The first-order valence-electron chi connectivity index (χ1n) is 10.6. The van der Waals surface area contributed by atoms with Crippen LogP contribution in [0.5, 0.6) is 0 Å². The monoisotopic (exact) mass is 467 g/mol. The van der Waals surface area contributed by atoms with E-state index in [1.165, 1.54) is 6.07 Å². The number of ether oxygens (including phenoxy) is 1. The zero-order valence-electron chi connectivity index (χ0n) is 17.5. The molecule has 9 heteroatoms. The van der Waals surface area contributed by atoms with Crippen LogP contribution in [-0.2, 0) is 10.9 Å². The van der Waals surface area contributed by atoms with Crippen LogP contribution in [0.3, 0.4) is 0 Å². The average Bonchev–Trinajstić information content (AvgIpc) is 3.11. The van der Waals surface area contributed by atoms with E-state index in [0.29, 0.717) is 42.6 Å². The summed E-state index contributed by atoms with van der Waals surface area (Å²) in [6, 6.07) is 11.3. The van der Waals surface area contributed by atoms with Gasteiger partial charge in [-0.1, -0.05) is 23.7 Å². The van der Waals surface area contributed by atoms with Crippen LogP contribution in [0.4, 0.5) is 23.7 Å². The molecule has 1 unspecified atom stereocenters. The van der Waals surface area contributed by atoms with Crippen molar-refractivity contribution in [2.45, 2.75) is 18.6 Å². The SMILES string of the molecule is O=C1N(CCCN2CCOCC2)CC(c2cccc(C(F)(F)F)c2)N1c1ccc(Cl)cc1. The van der Waals surface area contributed by atoms with Gasteiger partial charge in [0.2, 0.25) is 0 Å². The maximum Gasteiger partial charge on any atom is 0.416 e. The number of nitrogens with zero attached hydrogens (tertiary/aromatic N) is 3. The van der Waals surface area contributed by atoms with Crippen LogP contribution in [0.1, 0.15) is 23.6 Å². The molecule has 2 aliphatic rings. The second kappa shape index (κ2) is 9.68. The van der Waals surface area contributed by atoms with E-state index in [2.05, 4.69) is 4.90 Å². The van der Waals surface area contributed by atoms with Gasteiger partial charge in [-0.25, -0.2) is 4.79 Å². The van der Waals surface area contributed by atoms with E-state index < -0.39 is 17.8 Å². The fraction of sp³-hybridized carbons (Fsp3) is 0.435. The van der Waals surface area contributed by atoms with Crippen LogP contribution in [-0.4, -0.2) is 61.8 Å². The second-order valence-corrected chi connectivity index (χ2v) is 8.46. The van der Waals surface area contributed by atoms with Gasteiger partial charge < -0.3 is 9.64 Å². The Balaban J connectivity index is 1.55. The normalized spacial score (nSPS) is 20.2. The number of benzene rings is 2. The highest BCUT2D eigenvalue weighted by atomic mass is 35.5. The van der Waals surface area contributed by atoms with Crippen molar-refractivity contribution in [3.05, 3.63) is 64.7 Å². The number of halogens is 4. The molecule has 0 N–H and O–H groups in total. The predicted octanol–water partition coefficient (Wildman–Crippen LogP) is 5.06. The lowest BCUT2D eigenvalue weighted by atomic mass is 10.0. The maximum atomic E-state index is 13.3. The van der Waals surface area contributed by atoms with Crippen LogP contribution in [0.25, 0.3) is 0 Å². The molecule has 5 nitrogen and oxygen atoms in total. The van der Waals surface area contributed by atoms with Gasteiger partial charge in [0.15, 0.2) is 0 Å². The molecule has 2 amide bonds. The Kier molecular flexibility index (Phi) is 6.93. The van der Waals surface area contributed by atoms with E-state index in [1.54, 1.807) is 40.1 Å². The standard InChI is InChI=1S/C23H25ClF3N3O2/c24-19-5-7-20(8-6-19)30-21(17-3-1-4-18(15-17)23(25,26)27)16-29(22(30)31)10-2-9-28-11-13-32-14-12-28/h1,3-8,15,21H,2,9-14,16H2. The van der Waals surface area contributed by atoms with Gasteiger partial charge in [-0.3, -0.25) is 9.80 Å². The summed E-state index contributed by atoms with van der Waals surface area (Å²) in [7, 11) is 0. The first kappa shape index (κ1) is 22.9. The molecule has 1 atom stereocenters. The Hall–Kier alpha value is -2.29. The molecule has 0 radical (unpaired) electrons. The van der Waals surface area contributed by atoms with Crippen molar-refractivity contribution in [1.29, 1.82) is 0 Å². The van der Waals surface area contributed by atoms with Gasteiger partial charge in [0.25, 0.3) is 0 Å². The molecule has 0 bridgehead atoms. The number of anilines is 1. The number of rotatable bonds is 6. The zero-order chi connectivity index (χ0) is 22.7. The van der Waals surface area contributed by atoms with Gasteiger partial charge >= 0.3 is 12.2 Å². The molecule has 2 aliphatic heterocycles. The van der Waals surface area contributed by atoms with Crippen molar-refractivity contribution in [2.75, 3.05) is 50.8 Å². The topological polar surface area (TPSA) is 36.0 Å². The molecule has 0 aromatic heterocycles. The highest BCUT2D eigenvalue weighted by Gasteiger charge is 2.40. The van der Waals surface area contributed by atoms with E-state index in [9.17, 15) is 18.0 Å². The number of carbonyl (C=O) groups is 1. The van der Waals surface area contributed by atoms with E-state index in [1.807, 2.05) is 0 Å². The van der Waals surface area contributed by atoms with Gasteiger partial charge in [-0.2, -0.15) is 13.2 Å². The molecule has 2 heterocycles. The fourth-order valence-corrected chi connectivity index (χ4v) is 4.35. The minimum Gasteiger partial charge on any atom is -0.379 e. The lowest BCUT2D eigenvalue weighted by molar-refractivity contribution is -0.137. The lowest BCUT2D eigenvalue weighted by Gasteiger charge is -2.27. The molecule has 32 heavy (non-hydrogen) atoms. The Bertz CT molecular complexity index is 933. The number of alkyl halides is 3. The van der Waals surface area contributed by atoms with Crippen molar-refractivity contribution >= 4 is 23.3 Å². The minimum absolute atomic E-state index is 0.211. The Morgan fingerprint density at radius 2 is 1.75 bits per heavy atom. The Labute approximate surface area is 190 Å². The van der Waals surface area contributed by atoms with E-state index >= 15 is 0 Å². The predicted molar refractivity (Wildman–Crippen MR) is 117 cm³/mol. The second-order valence-electron chi connectivity index (χ2n) is 8.02. The molecule has 2 fully saturated rings. The van der Waals surface area contributed by atoms with Crippen LogP contribution in [0, 0.1) is 0 Å². The van der Waals surface area contributed by atoms with Crippen LogP contribution >= 0.6 is 11.6 Å². The summed E-state index contributed by atoms with van der Waals surface area (Å²) in [6.07, 6.45) is -3.66. The summed E-state index contributed by atoms with van der Waals surface area (Å²) >= 11 is 6.00. The van der Waals surface area contributed by atoms with Crippen molar-refractivity contribution in [1.82, 2.24) is 9.80 Å². The first-order chi connectivity index (χ1) is 15.3. The first-order valence-corrected chi connectivity index (χ1v) is 11.0. The third-order valence-electron chi connectivity index (χ3n) is 5.89. The number of hydrogen-bond donors (Lipinski definition) is 0. The molecule has 0 saturated carbocycles. The highest BCUT2D eigenvalue weighted by Crippen LogP contribution is 2.37. The van der Waals surface area contributed by atoms with Crippen LogP contribution in [0.2, 0.25) is 5.02 Å². The van der Waals surface area contributed by atoms with Crippen molar-refractivity contribution < 1.29 is 22.7 Å². The number of urea groups is 1. The van der Waals surface area contributed by atoms with Crippen molar-refractivity contribution in [3.8, 4) is 0 Å². The van der Waals surface area contributed by atoms with Crippen LogP contribution in [0.15, 0.2) is 48.5 Å². The molecule has 2 aromatic carbocycles.